The lowest BCUT2D eigenvalue weighted by molar-refractivity contribution is -0.116. The van der Waals surface area contributed by atoms with Crippen molar-refractivity contribution in [1.82, 2.24) is 0 Å². The van der Waals surface area contributed by atoms with Gasteiger partial charge in [-0.15, -0.1) is 0 Å². The predicted molar refractivity (Wildman–Crippen MR) is 75.9 cm³/mol. The van der Waals surface area contributed by atoms with Crippen LogP contribution < -0.4 is 0 Å². The Kier molecular flexibility index (Phi) is 4.37. The Morgan fingerprint density at radius 1 is 1.21 bits per heavy atom. The molecule has 2 nitrogen and oxygen atoms in total. The molecule has 0 N–H and O–H groups in total. The second-order valence-electron chi connectivity index (χ2n) is 6.76. The van der Waals surface area contributed by atoms with E-state index < -0.39 is 0 Å². The topological polar surface area (TPSA) is 26.3 Å². The number of fused-ring (bicyclic) bond motifs is 2. The summed E-state index contributed by atoms with van der Waals surface area (Å²) in [5, 5.41) is 0. The smallest absolute Gasteiger partial charge is 0.158 e. The van der Waals surface area contributed by atoms with Crippen LogP contribution in [0.1, 0.15) is 57.8 Å². The van der Waals surface area contributed by atoms with E-state index in [4.69, 9.17) is 4.74 Å². The van der Waals surface area contributed by atoms with Crippen LogP contribution in [-0.2, 0) is 9.53 Å². The van der Waals surface area contributed by atoms with Gasteiger partial charge < -0.3 is 4.74 Å². The van der Waals surface area contributed by atoms with Crippen LogP contribution in [0, 0.1) is 17.8 Å². The van der Waals surface area contributed by atoms with E-state index in [-0.39, 0.29) is 0 Å². The number of allylic oxidation sites excluding steroid dienone is 2. The lowest BCUT2D eigenvalue weighted by Crippen LogP contribution is -2.19. The highest BCUT2D eigenvalue weighted by atomic mass is 16.5. The van der Waals surface area contributed by atoms with Crippen LogP contribution in [0.25, 0.3) is 0 Å². The van der Waals surface area contributed by atoms with Gasteiger partial charge in [-0.2, -0.15) is 0 Å². The van der Waals surface area contributed by atoms with Gasteiger partial charge in [-0.25, -0.2) is 0 Å². The molecule has 0 radical (unpaired) electrons. The normalized spacial score (nSPS) is 35.4. The van der Waals surface area contributed by atoms with Crippen molar-refractivity contribution in [1.29, 1.82) is 0 Å². The minimum absolute atomic E-state index is 0.412. The first kappa shape index (κ1) is 13.4. The highest BCUT2D eigenvalue weighted by molar-refractivity contribution is 5.95. The Bertz CT molecular complexity index is 352. The number of hydrogen-bond acceptors (Lipinski definition) is 2. The molecule has 3 rings (SSSR count). The zero-order chi connectivity index (χ0) is 13.1. The number of Topliss-reactive ketones (excluding diaryl/α,β-unsaturated/α-hetero) is 1. The molecule has 0 aromatic carbocycles. The molecule has 1 saturated carbocycles. The summed E-state index contributed by atoms with van der Waals surface area (Å²) in [6.07, 6.45) is 13.1. The standard InChI is InChI=1S/C17H26O2/c18-17(11-15-8-9-19-12-15)16-6-4-13-2-1-3-14(10-13)5-7-16/h6,13-15H,1-5,7-12H2. The third-order valence-corrected chi connectivity index (χ3v) is 5.27. The lowest BCUT2D eigenvalue weighted by atomic mass is 9.75. The van der Waals surface area contributed by atoms with Crippen LogP contribution in [-0.4, -0.2) is 19.0 Å². The molecule has 2 heteroatoms. The summed E-state index contributed by atoms with van der Waals surface area (Å²) in [6.45, 7) is 1.64. The minimum Gasteiger partial charge on any atom is -0.381 e. The lowest BCUT2D eigenvalue weighted by Gasteiger charge is -2.30. The van der Waals surface area contributed by atoms with E-state index >= 15 is 0 Å². The number of carbonyl (C=O) groups excluding carboxylic acids is 1. The summed E-state index contributed by atoms with van der Waals surface area (Å²) in [5.74, 6) is 2.65. The number of ketones is 1. The van der Waals surface area contributed by atoms with Gasteiger partial charge in [0.2, 0.25) is 0 Å². The van der Waals surface area contributed by atoms with Gasteiger partial charge in [0.15, 0.2) is 5.78 Å². The Hall–Kier alpha value is -0.630. The maximum Gasteiger partial charge on any atom is 0.158 e. The van der Waals surface area contributed by atoms with Crippen molar-refractivity contribution in [3.63, 3.8) is 0 Å². The van der Waals surface area contributed by atoms with E-state index in [0.717, 1.165) is 56.3 Å². The fourth-order valence-electron chi connectivity index (χ4n) is 4.04. The van der Waals surface area contributed by atoms with Gasteiger partial charge in [0, 0.05) is 19.6 Å². The van der Waals surface area contributed by atoms with Crippen molar-refractivity contribution in [3.05, 3.63) is 11.6 Å². The molecule has 2 aliphatic carbocycles. The van der Waals surface area contributed by atoms with Gasteiger partial charge in [-0.05, 0) is 55.4 Å². The van der Waals surface area contributed by atoms with Crippen molar-refractivity contribution in [2.24, 2.45) is 17.8 Å². The van der Waals surface area contributed by atoms with Crippen molar-refractivity contribution in [2.45, 2.75) is 57.8 Å². The molecule has 0 amide bonds. The van der Waals surface area contributed by atoms with Crippen molar-refractivity contribution >= 4 is 5.78 Å². The monoisotopic (exact) mass is 262 g/mol. The van der Waals surface area contributed by atoms with E-state index in [9.17, 15) is 4.79 Å². The average Bonchev–Trinajstić information content (AvgIpc) is 2.90. The zero-order valence-electron chi connectivity index (χ0n) is 11.9. The maximum absolute atomic E-state index is 12.4. The molecule has 3 atom stereocenters. The second kappa shape index (κ2) is 6.21. The Labute approximate surface area is 116 Å². The molecule has 2 bridgehead atoms. The second-order valence-corrected chi connectivity index (χ2v) is 6.76. The van der Waals surface area contributed by atoms with Gasteiger partial charge in [-0.3, -0.25) is 4.79 Å². The van der Waals surface area contributed by atoms with Crippen molar-refractivity contribution in [2.75, 3.05) is 13.2 Å². The predicted octanol–water partition coefficient (Wildman–Crippen LogP) is 3.90. The molecular weight excluding hydrogens is 236 g/mol. The molecule has 2 fully saturated rings. The number of hydrogen-bond donors (Lipinski definition) is 0. The molecule has 1 aliphatic heterocycles. The summed E-state index contributed by atoms with van der Waals surface area (Å²) in [6, 6.07) is 0. The summed E-state index contributed by atoms with van der Waals surface area (Å²) in [5.41, 5.74) is 1.14. The van der Waals surface area contributed by atoms with Crippen LogP contribution in [0.3, 0.4) is 0 Å². The van der Waals surface area contributed by atoms with Crippen LogP contribution in [0.2, 0.25) is 0 Å². The molecule has 106 valence electrons. The first-order chi connectivity index (χ1) is 9.31. The number of rotatable bonds is 3. The SMILES string of the molecule is O=C(CC1CCOC1)C1=CCC2CCCC(CC1)C2. The van der Waals surface area contributed by atoms with Crippen LogP contribution in [0.4, 0.5) is 0 Å². The number of ether oxygens (including phenoxy) is 1. The van der Waals surface area contributed by atoms with Gasteiger partial charge in [0.05, 0.1) is 0 Å². The molecule has 0 spiro atoms. The van der Waals surface area contributed by atoms with E-state index in [0.29, 0.717) is 11.7 Å². The molecule has 0 aromatic heterocycles. The van der Waals surface area contributed by atoms with Gasteiger partial charge >= 0.3 is 0 Å². The largest absolute Gasteiger partial charge is 0.381 e. The Morgan fingerprint density at radius 3 is 2.95 bits per heavy atom. The van der Waals surface area contributed by atoms with E-state index in [1.165, 1.54) is 32.1 Å². The van der Waals surface area contributed by atoms with E-state index in [1.807, 2.05) is 0 Å². The van der Waals surface area contributed by atoms with Crippen molar-refractivity contribution in [3.8, 4) is 0 Å². The molecule has 0 aromatic rings. The Balaban J connectivity index is 1.60. The molecular formula is C17H26O2. The molecule has 1 heterocycles. The highest BCUT2D eigenvalue weighted by Gasteiger charge is 2.26. The molecule has 19 heavy (non-hydrogen) atoms. The first-order valence-corrected chi connectivity index (χ1v) is 8.11. The average molecular weight is 262 g/mol. The fourth-order valence-corrected chi connectivity index (χ4v) is 4.04. The van der Waals surface area contributed by atoms with Crippen LogP contribution in [0.5, 0.6) is 0 Å². The van der Waals surface area contributed by atoms with Gasteiger partial charge in [-0.1, -0.05) is 25.3 Å². The summed E-state index contributed by atoms with van der Waals surface area (Å²) in [4.78, 5) is 12.4. The fraction of sp³-hybridized carbons (Fsp3) is 0.824. The molecule has 1 saturated heterocycles. The Morgan fingerprint density at radius 2 is 2.11 bits per heavy atom. The van der Waals surface area contributed by atoms with E-state index in [1.54, 1.807) is 0 Å². The van der Waals surface area contributed by atoms with Gasteiger partial charge in [0.1, 0.15) is 0 Å². The quantitative estimate of drug-likeness (QED) is 0.771. The highest BCUT2D eigenvalue weighted by Crippen LogP contribution is 2.37. The first-order valence-electron chi connectivity index (χ1n) is 8.11. The van der Waals surface area contributed by atoms with Crippen LogP contribution >= 0.6 is 0 Å². The molecule has 3 aliphatic rings. The minimum atomic E-state index is 0.412. The zero-order valence-corrected chi connectivity index (χ0v) is 11.9. The number of carbonyl (C=O) groups is 1. The third kappa shape index (κ3) is 3.47. The van der Waals surface area contributed by atoms with Gasteiger partial charge in [0.25, 0.3) is 0 Å². The van der Waals surface area contributed by atoms with E-state index in [2.05, 4.69) is 6.08 Å². The van der Waals surface area contributed by atoms with Crippen molar-refractivity contribution < 1.29 is 9.53 Å². The summed E-state index contributed by atoms with van der Waals surface area (Å²) < 4.78 is 5.38. The third-order valence-electron chi connectivity index (χ3n) is 5.27. The maximum atomic E-state index is 12.4. The van der Waals surface area contributed by atoms with Crippen LogP contribution in [0.15, 0.2) is 11.6 Å². The summed E-state index contributed by atoms with van der Waals surface area (Å²) >= 11 is 0. The molecule has 3 unspecified atom stereocenters. The summed E-state index contributed by atoms with van der Waals surface area (Å²) in [7, 11) is 0.